The molecular formula is C16H13FN2O3. The Morgan fingerprint density at radius 2 is 1.91 bits per heavy atom. The minimum atomic E-state index is -0.798. The third-order valence-electron chi connectivity index (χ3n) is 3.08. The van der Waals surface area contributed by atoms with Gasteiger partial charge in [0, 0.05) is 5.56 Å². The third-order valence-corrected chi connectivity index (χ3v) is 3.08. The monoisotopic (exact) mass is 300 g/mol. The molecule has 0 radical (unpaired) electrons. The number of hydrogen-bond acceptors (Lipinski definition) is 4. The predicted molar refractivity (Wildman–Crippen MR) is 78.5 cm³/mol. The van der Waals surface area contributed by atoms with E-state index >= 15 is 0 Å². The first kappa shape index (κ1) is 14.1. The van der Waals surface area contributed by atoms with Gasteiger partial charge in [-0.2, -0.15) is 5.10 Å². The van der Waals surface area contributed by atoms with Crippen LogP contribution >= 0.6 is 0 Å². The van der Waals surface area contributed by atoms with Crippen molar-refractivity contribution in [2.24, 2.45) is 5.10 Å². The number of benzene rings is 2. The van der Waals surface area contributed by atoms with Crippen LogP contribution in [0.2, 0.25) is 0 Å². The second-order valence-corrected chi connectivity index (χ2v) is 4.62. The van der Waals surface area contributed by atoms with Gasteiger partial charge in [-0.1, -0.05) is 30.3 Å². The third kappa shape index (κ3) is 3.06. The molecule has 5 nitrogen and oxygen atoms in total. The van der Waals surface area contributed by atoms with Gasteiger partial charge in [0.15, 0.2) is 11.5 Å². The van der Waals surface area contributed by atoms with Crippen LogP contribution in [0.1, 0.15) is 5.56 Å². The van der Waals surface area contributed by atoms with Crippen molar-refractivity contribution in [2.75, 3.05) is 6.61 Å². The molecule has 0 aliphatic carbocycles. The van der Waals surface area contributed by atoms with Gasteiger partial charge in [0.05, 0.1) is 6.21 Å². The summed E-state index contributed by atoms with van der Waals surface area (Å²) in [6.07, 6.45) is 0.442. The highest BCUT2D eigenvalue weighted by atomic mass is 19.1. The SMILES string of the molecule is O=C(NN=Cc1ccccc1F)[C@@H]1COc2ccccc2O1. The maximum absolute atomic E-state index is 13.4. The maximum atomic E-state index is 13.4. The molecule has 22 heavy (non-hydrogen) atoms. The van der Waals surface area contributed by atoms with E-state index in [1.54, 1.807) is 36.4 Å². The highest BCUT2D eigenvalue weighted by molar-refractivity contribution is 5.85. The Morgan fingerprint density at radius 3 is 2.73 bits per heavy atom. The van der Waals surface area contributed by atoms with Crippen LogP contribution in [0.4, 0.5) is 4.39 Å². The fraction of sp³-hybridized carbons (Fsp3) is 0.125. The molecule has 0 spiro atoms. The second kappa shape index (κ2) is 6.26. The first-order valence-electron chi connectivity index (χ1n) is 6.70. The van der Waals surface area contributed by atoms with E-state index in [2.05, 4.69) is 10.5 Å². The van der Waals surface area contributed by atoms with Crippen molar-refractivity contribution < 1.29 is 18.7 Å². The number of nitrogens with one attached hydrogen (secondary N) is 1. The van der Waals surface area contributed by atoms with Crippen molar-refractivity contribution in [3.05, 3.63) is 59.9 Å². The number of carbonyl (C=O) groups excluding carboxylic acids is 1. The lowest BCUT2D eigenvalue weighted by atomic mass is 10.2. The van der Waals surface area contributed by atoms with E-state index in [0.717, 1.165) is 0 Å². The van der Waals surface area contributed by atoms with Crippen molar-refractivity contribution >= 4 is 12.1 Å². The molecule has 1 heterocycles. The average molecular weight is 300 g/mol. The minimum Gasteiger partial charge on any atom is -0.485 e. The van der Waals surface area contributed by atoms with E-state index in [0.29, 0.717) is 11.5 Å². The molecule has 2 aromatic carbocycles. The summed E-state index contributed by atoms with van der Waals surface area (Å²) in [6, 6.07) is 13.2. The number of hydrogen-bond donors (Lipinski definition) is 1. The van der Waals surface area contributed by atoms with Crippen LogP contribution in [-0.2, 0) is 4.79 Å². The van der Waals surface area contributed by atoms with Crippen LogP contribution in [0, 0.1) is 5.82 Å². The standard InChI is InChI=1S/C16H13FN2O3/c17-12-6-2-1-5-11(12)9-18-19-16(20)15-10-21-13-7-3-4-8-14(13)22-15/h1-9,15H,10H2,(H,19,20)/t15-/m0/s1. The molecular weight excluding hydrogens is 287 g/mol. The van der Waals surface area contributed by atoms with Gasteiger partial charge in [0.1, 0.15) is 12.4 Å². The molecule has 0 fully saturated rings. The van der Waals surface area contributed by atoms with Crippen molar-refractivity contribution in [1.29, 1.82) is 0 Å². The molecule has 0 unspecified atom stereocenters. The number of carbonyl (C=O) groups is 1. The van der Waals surface area contributed by atoms with E-state index in [1.807, 2.05) is 6.07 Å². The summed E-state index contributed by atoms with van der Waals surface area (Å²) in [5.74, 6) is 0.238. The zero-order valence-corrected chi connectivity index (χ0v) is 11.5. The molecule has 0 aromatic heterocycles. The number of nitrogens with zero attached hydrogens (tertiary/aromatic N) is 1. The van der Waals surface area contributed by atoms with Gasteiger partial charge in [-0.05, 0) is 18.2 Å². The maximum Gasteiger partial charge on any atom is 0.284 e. The molecule has 0 bridgehead atoms. The molecule has 0 saturated heterocycles. The van der Waals surface area contributed by atoms with E-state index in [4.69, 9.17) is 9.47 Å². The van der Waals surface area contributed by atoms with Crippen molar-refractivity contribution in [2.45, 2.75) is 6.10 Å². The molecule has 6 heteroatoms. The molecule has 1 aliphatic heterocycles. The van der Waals surface area contributed by atoms with Crippen molar-refractivity contribution in [3.8, 4) is 11.5 Å². The normalized spacial score (nSPS) is 16.5. The lowest BCUT2D eigenvalue weighted by Crippen LogP contribution is -2.42. The summed E-state index contributed by atoms with van der Waals surface area (Å²) >= 11 is 0. The summed E-state index contributed by atoms with van der Waals surface area (Å²) in [5.41, 5.74) is 2.60. The smallest absolute Gasteiger partial charge is 0.284 e. The molecule has 112 valence electrons. The van der Waals surface area contributed by atoms with Crippen LogP contribution in [0.3, 0.4) is 0 Å². The van der Waals surface area contributed by atoms with Gasteiger partial charge >= 0.3 is 0 Å². The average Bonchev–Trinajstić information content (AvgIpc) is 2.56. The van der Waals surface area contributed by atoms with Gasteiger partial charge in [-0.15, -0.1) is 0 Å². The Kier molecular flexibility index (Phi) is 4.00. The Morgan fingerprint density at radius 1 is 1.18 bits per heavy atom. The summed E-state index contributed by atoms with van der Waals surface area (Å²) < 4.78 is 24.4. The van der Waals surface area contributed by atoms with Crippen LogP contribution in [-0.4, -0.2) is 24.8 Å². The number of halogens is 1. The lowest BCUT2D eigenvalue weighted by molar-refractivity contribution is -0.130. The molecule has 1 aliphatic rings. The van der Waals surface area contributed by atoms with E-state index in [1.165, 1.54) is 12.3 Å². The molecule has 2 aromatic rings. The van der Waals surface area contributed by atoms with Gasteiger partial charge in [0.2, 0.25) is 6.10 Å². The fourth-order valence-electron chi connectivity index (χ4n) is 1.97. The molecule has 0 saturated carbocycles. The Balaban J connectivity index is 1.60. The summed E-state index contributed by atoms with van der Waals surface area (Å²) in [7, 11) is 0. The Hall–Kier alpha value is -2.89. The van der Waals surface area contributed by atoms with Gasteiger partial charge in [0.25, 0.3) is 5.91 Å². The predicted octanol–water partition coefficient (Wildman–Crippen LogP) is 2.12. The van der Waals surface area contributed by atoms with Gasteiger partial charge < -0.3 is 9.47 Å². The number of rotatable bonds is 3. The van der Waals surface area contributed by atoms with Crippen LogP contribution in [0.15, 0.2) is 53.6 Å². The highest BCUT2D eigenvalue weighted by Gasteiger charge is 2.26. The largest absolute Gasteiger partial charge is 0.485 e. The minimum absolute atomic E-state index is 0.0953. The Labute approximate surface area is 126 Å². The Bertz CT molecular complexity index is 718. The summed E-state index contributed by atoms with van der Waals surface area (Å²) in [6.45, 7) is 0.0953. The summed E-state index contributed by atoms with van der Waals surface area (Å²) in [4.78, 5) is 12.0. The van der Waals surface area contributed by atoms with Crippen LogP contribution < -0.4 is 14.9 Å². The van der Waals surface area contributed by atoms with Crippen LogP contribution in [0.5, 0.6) is 11.5 Å². The molecule has 1 N–H and O–H groups in total. The van der Waals surface area contributed by atoms with E-state index in [9.17, 15) is 9.18 Å². The zero-order chi connectivity index (χ0) is 15.4. The number of hydrazone groups is 1. The molecule has 1 amide bonds. The van der Waals surface area contributed by atoms with Gasteiger partial charge in [-0.25, -0.2) is 9.82 Å². The summed E-state index contributed by atoms with van der Waals surface area (Å²) in [5, 5.41) is 3.73. The van der Waals surface area contributed by atoms with E-state index < -0.39 is 17.8 Å². The molecule has 1 atom stereocenters. The highest BCUT2D eigenvalue weighted by Crippen LogP contribution is 2.30. The quantitative estimate of drug-likeness (QED) is 0.697. The number of para-hydroxylation sites is 2. The first-order valence-corrected chi connectivity index (χ1v) is 6.70. The topological polar surface area (TPSA) is 59.9 Å². The first-order chi connectivity index (χ1) is 10.7. The van der Waals surface area contributed by atoms with Crippen molar-refractivity contribution in [1.82, 2.24) is 5.43 Å². The molecule has 3 rings (SSSR count). The van der Waals surface area contributed by atoms with Crippen molar-refractivity contribution in [3.63, 3.8) is 0 Å². The number of ether oxygens (including phenoxy) is 2. The van der Waals surface area contributed by atoms with Gasteiger partial charge in [-0.3, -0.25) is 4.79 Å². The lowest BCUT2D eigenvalue weighted by Gasteiger charge is -2.24. The number of fused-ring (bicyclic) bond motifs is 1. The fourth-order valence-corrected chi connectivity index (χ4v) is 1.97. The van der Waals surface area contributed by atoms with E-state index in [-0.39, 0.29) is 12.2 Å². The van der Waals surface area contributed by atoms with Crippen LogP contribution in [0.25, 0.3) is 0 Å². The number of amides is 1. The zero-order valence-electron chi connectivity index (χ0n) is 11.5. The second-order valence-electron chi connectivity index (χ2n) is 4.62.